The van der Waals surface area contributed by atoms with Gasteiger partial charge in [0, 0.05) is 24.0 Å². The molecule has 6 nitrogen and oxygen atoms in total. The summed E-state index contributed by atoms with van der Waals surface area (Å²) in [7, 11) is 0. The summed E-state index contributed by atoms with van der Waals surface area (Å²) in [5.41, 5.74) is 3.03. The van der Waals surface area contributed by atoms with Crippen molar-refractivity contribution in [3.8, 4) is 22.7 Å². The molecule has 1 saturated carbocycles. The van der Waals surface area contributed by atoms with Crippen molar-refractivity contribution in [2.75, 3.05) is 0 Å². The smallest absolute Gasteiger partial charge is 0.271 e. The summed E-state index contributed by atoms with van der Waals surface area (Å²) < 4.78 is 25.6. The molecule has 1 fully saturated rings. The Morgan fingerprint density at radius 2 is 1.77 bits per heavy atom. The molecule has 1 N–H and O–H groups in total. The number of rotatable bonds is 7. The Balaban J connectivity index is 1.40. The van der Waals surface area contributed by atoms with Crippen LogP contribution in [-0.4, -0.2) is 21.4 Å². The van der Waals surface area contributed by atoms with Crippen LogP contribution in [0, 0.1) is 12.7 Å². The Morgan fingerprint density at radius 3 is 2.53 bits per heavy atom. The predicted octanol–water partition coefficient (Wildman–Crippen LogP) is 3.59. The molecule has 0 aliphatic heterocycles. The van der Waals surface area contributed by atoms with E-state index >= 15 is 0 Å². The highest BCUT2D eigenvalue weighted by Crippen LogP contribution is 2.33. The number of hydrogen-bond acceptors (Lipinski definition) is 5. The van der Waals surface area contributed by atoms with E-state index in [1.54, 1.807) is 6.07 Å². The van der Waals surface area contributed by atoms with Crippen LogP contribution in [0.4, 0.5) is 4.39 Å². The fourth-order valence-corrected chi connectivity index (χ4v) is 3.77. The number of hydrogen-bond donors (Lipinski definition) is 1. The van der Waals surface area contributed by atoms with Crippen molar-refractivity contribution in [1.29, 1.82) is 0 Å². The van der Waals surface area contributed by atoms with Crippen molar-refractivity contribution in [3.63, 3.8) is 0 Å². The Hall–Kier alpha value is -3.32. The molecule has 152 valence electrons. The monoisotopic (exact) mass is 405 g/mol. The van der Waals surface area contributed by atoms with E-state index < -0.39 is 0 Å². The van der Waals surface area contributed by atoms with Crippen molar-refractivity contribution in [1.82, 2.24) is 15.4 Å². The van der Waals surface area contributed by atoms with Gasteiger partial charge in [0.1, 0.15) is 29.4 Å². The molecule has 2 heterocycles. The second kappa shape index (κ2) is 7.84. The largest absolute Gasteiger partial charge is 0.415 e. The van der Waals surface area contributed by atoms with Gasteiger partial charge in [-0.2, -0.15) is 0 Å². The fraction of sp³-hybridized carbons (Fsp3) is 0.261. The maximum atomic E-state index is 14.1. The molecule has 30 heavy (non-hydrogen) atoms. The van der Waals surface area contributed by atoms with Crippen molar-refractivity contribution >= 4 is 0 Å². The van der Waals surface area contributed by atoms with E-state index in [-0.39, 0.29) is 5.82 Å². The zero-order valence-electron chi connectivity index (χ0n) is 16.6. The lowest BCUT2D eigenvalue weighted by Gasteiger charge is -2.17. The maximum Gasteiger partial charge on any atom is 0.271 e. The zero-order valence-corrected chi connectivity index (χ0v) is 16.6. The molecule has 1 atom stereocenters. The molecule has 2 aromatic carbocycles. The summed E-state index contributed by atoms with van der Waals surface area (Å²) in [6.45, 7) is 2.98. The normalized spacial score (nSPS) is 14.7. The molecule has 0 spiro atoms. The number of quaternary nitrogens is 1. The first-order chi connectivity index (χ1) is 14.7. The average molecular weight is 405 g/mol. The van der Waals surface area contributed by atoms with Crippen LogP contribution < -0.4 is 4.90 Å². The maximum absolute atomic E-state index is 14.1. The predicted molar refractivity (Wildman–Crippen MR) is 108 cm³/mol. The van der Waals surface area contributed by atoms with Crippen molar-refractivity contribution in [2.45, 2.75) is 38.9 Å². The van der Waals surface area contributed by atoms with Gasteiger partial charge in [0.05, 0.1) is 6.04 Å². The quantitative estimate of drug-likeness (QED) is 0.509. The van der Waals surface area contributed by atoms with Gasteiger partial charge in [-0.1, -0.05) is 53.7 Å². The number of nitrogens with one attached hydrogen (secondary N) is 1. The number of halogens is 1. The van der Waals surface area contributed by atoms with Crippen LogP contribution in [0.25, 0.3) is 22.7 Å². The lowest BCUT2D eigenvalue weighted by Crippen LogP contribution is -3.10. The highest BCUT2D eigenvalue weighted by Gasteiger charge is 2.35. The van der Waals surface area contributed by atoms with E-state index in [1.807, 2.05) is 49.4 Å². The SMILES string of the molecule is Cc1onc(-c2ccccc2)c1-c1nnc(C[NH+](Cc2ccccc2F)C2CC2)o1. The first kappa shape index (κ1) is 18.7. The summed E-state index contributed by atoms with van der Waals surface area (Å²) in [6, 6.07) is 17.2. The van der Waals surface area contributed by atoms with Crippen LogP contribution in [0.5, 0.6) is 0 Å². The lowest BCUT2D eigenvalue weighted by atomic mass is 10.1. The summed E-state index contributed by atoms with van der Waals surface area (Å²) in [4.78, 5) is 1.24. The third-order valence-corrected chi connectivity index (χ3v) is 5.50. The van der Waals surface area contributed by atoms with Crippen LogP contribution in [-0.2, 0) is 13.1 Å². The van der Waals surface area contributed by atoms with E-state index in [0.29, 0.717) is 53.5 Å². The number of aromatic nitrogens is 3. The Labute approximate surface area is 173 Å². The van der Waals surface area contributed by atoms with Crippen molar-refractivity contribution in [3.05, 3.63) is 77.6 Å². The zero-order chi connectivity index (χ0) is 20.5. The van der Waals surface area contributed by atoms with Gasteiger partial charge < -0.3 is 13.8 Å². The third-order valence-electron chi connectivity index (χ3n) is 5.50. The number of benzene rings is 2. The molecule has 1 aliphatic rings. The van der Waals surface area contributed by atoms with Crippen LogP contribution in [0.3, 0.4) is 0 Å². The highest BCUT2D eigenvalue weighted by molar-refractivity contribution is 5.77. The molecule has 0 saturated heterocycles. The lowest BCUT2D eigenvalue weighted by molar-refractivity contribution is -0.939. The van der Waals surface area contributed by atoms with Gasteiger partial charge in [0.15, 0.2) is 6.54 Å². The summed E-state index contributed by atoms with van der Waals surface area (Å²) in [5.74, 6) is 1.38. The highest BCUT2D eigenvalue weighted by atomic mass is 19.1. The molecule has 4 aromatic rings. The van der Waals surface area contributed by atoms with E-state index in [4.69, 9.17) is 8.94 Å². The number of aryl methyl sites for hydroxylation is 1. The van der Waals surface area contributed by atoms with Gasteiger partial charge in [-0.25, -0.2) is 4.39 Å². The molecular formula is C23H22FN4O2+. The van der Waals surface area contributed by atoms with Crippen LogP contribution >= 0.6 is 0 Å². The number of nitrogens with zero attached hydrogens (tertiary/aromatic N) is 3. The molecule has 0 radical (unpaired) electrons. The molecule has 0 amide bonds. The van der Waals surface area contributed by atoms with Crippen molar-refractivity contribution in [2.24, 2.45) is 0 Å². The molecule has 7 heteroatoms. The molecule has 1 aliphatic carbocycles. The minimum atomic E-state index is -0.172. The van der Waals surface area contributed by atoms with Gasteiger partial charge >= 0.3 is 0 Å². The second-order valence-corrected chi connectivity index (χ2v) is 7.71. The molecule has 2 aromatic heterocycles. The minimum Gasteiger partial charge on any atom is -0.415 e. The molecule has 1 unspecified atom stereocenters. The standard InChI is InChI=1S/C23H21FN4O2/c1-15-21(22(27-30-15)16-7-3-2-4-8-16)23-26-25-20(29-23)14-28(18-11-12-18)13-17-9-5-6-10-19(17)24/h2-10,18H,11-14H2,1H3/p+1. The second-order valence-electron chi connectivity index (χ2n) is 7.71. The van der Waals surface area contributed by atoms with Gasteiger partial charge in [0.2, 0.25) is 0 Å². The van der Waals surface area contributed by atoms with Gasteiger partial charge in [-0.3, -0.25) is 0 Å². The Morgan fingerprint density at radius 1 is 1.00 bits per heavy atom. The van der Waals surface area contributed by atoms with Gasteiger partial charge in [0.25, 0.3) is 11.8 Å². The average Bonchev–Trinajstić information content (AvgIpc) is 3.40. The van der Waals surface area contributed by atoms with E-state index in [1.165, 1.54) is 11.0 Å². The molecule has 5 rings (SSSR count). The first-order valence-electron chi connectivity index (χ1n) is 10.1. The molecular weight excluding hydrogens is 383 g/mol. The Bertz CT molecular complexity index is 1150. The van der Waals surface area contributed by atoms with Crippen LogP contribution in [0.1, 0.15) is 30.1 Å². The first-order valence-corrected chi connectivity index (χ1v) is 10.1. The van der Waals surface area contributed by atoms with Crippen molar-refractivity contribution < 1.29 is 18.2 Å². The van der Waals surface area contributed by atoms with Gasteiger partial charge in [-0.15, -0.1) is 10.2 Å². The van der Waals surface area contributed by atoms with Gasteiger partial charge in [-0.05, 0) is 13.0 Å². The van der Waals surface area contributed by atoms with E-state index in [2.05, 4.69) is 15.4 Å². The summed E-state index contributed by atoms with van der Waals surface area (Å²) >= 11 is 0. The summed E-state index contributed by atoms with van der Waals surface area (Å²) in [6.07, 6.45) is 2.27. The summed E-state index contributed by atoms with van der Waals surface area (Å²) in [5, 5.41) is 12.7. The van der Waals surface area contributed by atoms with Crippen LogP contribution in [0.15, 0.2) is 63.5 Å². The third kappa shape index (κ3) is 3.76. The fourth-order valence-electron chi connectivity index (χ4n) is 3.77. The topological polar surface area (TPSA) is 69.4 Å². The molecule has 0 bridgehead atoms. The van der Waals surface area contributed by atoms with E-state index in [9.17, 15) is 4.39 Å². The Kier molecular flexibility index (Phi) is 4.88. The minimum absolute atomic E-state index is 0.172. The van der Waals surface area contributed by atoms with E-state index in [0.717, 1.165) is 18.4 Å². The van der Waals surface area contributed by atoms with Crippen LogP contribution in [0.2, 0.25) is 0 Å².